The van der Waals surface area contributed by atoms with Gasteiger partial charge < -0.3 is 5.32 Å². The van der Waals surface area contributed by atoms with E-state index in [-0.39, 0.29) is 16.5 Å². The van der Waals surface area contributed by atoms with Crippen LogP contribution in [-0.2, 0) is 4.79 Å². The maximum absolute atomic E-state index is 13.2. The van der Waals surface area contributed by atoms with Crippen LogP contribution in [0.3, 0.4) is 0 Å². The van der Waals surface area contributed by atoms with Crippen molar-refractivity contribution in [2.45, 2.75) is 32.4 Å². The quantitative estimate of drug-likeness (QED) is 0.889. The molecule has 0 saturated heterocycles. The molecule has 1 amide bonds. The maximum Gasteiger partial charge on any atom is 0.234 e. The largest absolute Gasteiger partial charge is 0.325 e. The van der Waals surface area contributed by atoms with Crippen LogP contribution in [-0.4, -0.2) is 16.4 Å². The second-order valence-corrected chi connectivity index (χ2v) is 7.69. The highest BCUT2D eigenvalue weighted by atomic mass is 79.9. The SMILES string of the molecule is Cc1cc(F)c(Br)cc1NC(=O)CSC(C)(C)C. The molecule has 0 spiro atoms. The smallest absolute Gasteiger partial charge is 0.234 e. The third-order valence-electron chi connectivity index (χ3n) is 2.18. The number of nitrogens with one attached hydrogen (secondary N) is 1. The number of benzene rings is 1. The lowest BCUT2D eigenvalue weighted by Crippen LogP contribution is -2.19. The summed E-state index contributed by atoms with van der Waals surface area (Å²) in [5.74, 6) is -0.0103. The fraction of sp³-hybridized carbons (Fsp3) is 0.462. The highest BCUT2D eigenvalue weighted by Crippen LogP contribution is 2.26. The van der Waals surface area contributed by atoms with Crippen LogP contribution in [0, 0.1) is 12.7 Å². The van der Waals surface area contributed by atoms with Gasteiger partial charge >= 0.3 is 0 Å². The molecule has 0 aliphatic rings. The molecule has 0 saturated carbocycles. The molecule has 0 aromatic heterocycles. The Bertz CT molecular complexity index is 457. The molecule has 0 aliphatic heterocycles. The highest BCUT2D eigenvalue weighted by Gasteiger charge is 2.14. The molecule has 0 heterocycles. The standard InChI is InChI=1S/C13H17BrFNOS/c1-8-5-10(15)9(14)6-11(8)16-12(17)7-18-13(2,3)4/h5-6H,7H2,1-4H3,(H,16,17). The number of carbonyl (C=O) groups is 1. The Kier molecular flexibility index (Phi) is 5.22. The summed E-state index contributed by atoms with van der Waals surface area (Å²) in [6, 6.07) is 2.99. The predicted octanol–water partition coefficient (Wildman–Crippen LogP) is 4.37. The first-order valence-corrected chi connectivity index (χ1v) is 7.36. The van der Waals surface area contributed by atoms with E-state index in [9.17, 15) is 9.18 Å². The molecular formula is C13H17BrFNOS. The molecule has 0 fully saturated rings. The van der Waals surface area contributed by atoms with E-state index in [1.165, 1.54) is 6.07 Å². The number of anilines is 1. The van der Waals surface area contributed by atoms with Gasteiger partial charge in [0.2, 0.25) is 5.91 Å². The van der Waals surface area contributed by atoms with Crippen molar-refractivity contribution in [3.8, 4) is 0 Å². The van der Waals surface area contributed by atoms with E-state index >= 15 is 0 Å². The van der Waals surface area contributed by atoms with Crippen molar-refractivity contribution >= 4 is 39.3 Å². The zero-order chi connectivity index (χ0) is 13.9. The molecule has 1 N–H and O–H groups in total. The number of hydrogen-bond donors (Lipinski definition) is 1. The number of rotatable bonds is 3. The second kappa shape index (κ2) is 6.06. The first kappa shape index (κ1) is 15.5. The second-order valence-electron chi connectivity index (χ2n) is 5.03. The van der Waals surface area contributed by atoms with Gasteiger partial charge in [0, 0.05) is 10.4 Å². The molecular weight excluding hydrogens is 317 g/mol. The zero-order valence-corrected chi connectivity index (χ0v) is 13.3. The monoisotopic (exact) mass is 333 g/mol. The van der Waals surface area contributed by atoms with Crippen molar-refractivity contribution < 1.29 is 9.18 Å². The van der Waals surface area contributed by atoms with E-state index in [1.54, 1.807) is 24.8 Å². The molecule has 0 aliphatic carbocycles. The van der Waals surface area contributed by atoms with Gasteiger partial charge in [-0.1, -0.05) is 20.8 Å². The summed E-state index contributed by atoms with van der Waals surface area (Å²) in [6.07, 6.45) is 0. The minimum atomic E-state index is -0.324. The summed E-state index contributed by atoms with van der Waals surface area (Å²) < 4.78 is 13.6. The molecule has 0 atom stereocenters. The molecule has 18 heavy (non-hydrogen) atoms. The van der Waals surface area contributed by atoms with Gasteiger partial charge in [-0.2, -0.15) is 0 Å². The van der Waals surface area contributed by atoms with Crippen molar-refractivity contribution in [2.75, 3.05) is 11.1 Å². The Hall–Kier alpha value is -0.550. The third kappa shape index (κ3) is 4.98. The third-order valence-corrected chi connectivity index (χ3v) is 4.06. The topological polar surface area (TPSA) is 29.1 Å². The van der Waals surface area contributed by atoms with Gasteiger partial charge in [0.05, 0.1) is 10.2 Å². The molecule has 100 valence electrons. The zero-order valence-electron chi connectivity index (χ0n) is 10.9. The van der Waals surface area contributed by atoms with E-state index in [0.29, 0.717) is 21.5 Å². The number of aryl methyl sites for hydroxylation is 1. The lowest BCUT2D eigenvalue weighted by atomic mass is 10.2. The lowest BCUT2D eigenvalue weighted by Gasteiger charge is -2.17. The van der Waals surface area contributed by atoms with Crippen molar-refractivity contribution in [1.82, 2.24) is 0 Å². The summed E-state index contributed by atoms with van der Waals surface area (Å²) in [5, 5.41) is 2.79. The highest BCUT2D eigenvalue weighted by molar-refractivity contribution is 9.10. The molecule has 1 aromatic carbocycles. The van der Waals surface area contributed by atoms with E-state index in [1.807, 2.05) is 0 Å². The van der Waals surface area contributed by atoms with Crippen LogP contribution >= 0.6 is 27.7 Å². The molecule has 0 radical (unpaired) electrons. The van der Waals surface area contributed by atoms with Crippen LogP contribution < -0.4 is 5.32 Å². The number of amides is 1. The Morgan fingerprint density at radius 3 is 2.61 bits per heavy atom. The molecule has 0 bridgehead atoms. The van der Waals surface area contributed by atoms with Gasteiger partial charge in [0.1, 0.15) is 5.82 Å². The van der Waals surface area contributed by atoms with Crippen LogP contribution in [0.5, 0.6) is 0 Å². The molecule has 2 nitrogen and oxygen atoms in total. The average molecular weight is 334 g/mol. The van der Waals surface area contributed by atoms with Gasteiger partial charge in [-0.05, 0) is 40.5 Å². The predicted molar refractivity (Wildman–Crippen MR) is 79.7 cm³/mol. The van der Waals surface area contributed by atoms with E-state index in [2.05, 4.69) is 42.0 Å². The van der Waals surface area contributed by atoms with Crippen LogP contribution in [0.4, 0.5) is 10.1 Å². The van der Waals surface area contributed by atoms with Gasteiger partial charge in [-0.25, -0.2) is 4.39 Å². The Labute approximate surface area is 120 Å². The number of thioether (sulfide) groups is 1. The molecule has 1 aromatic rings. The normalized spacial score (nSPS) is 11.4. The van der Waals surface area contributed by atoms with Crippen LogP contribution in [0.15, 0.2) is 16.6 Å². The van der Waals surface area contributed by atoms with E-state index < -0.39 is 0 Å². The fourth-order valence-corrected chi connectivity index (χ4v) is 2.23. The summed E-state index contributed by atoms with van der Waals surface area (Å²) >= 11 is 4.69. The molecule has 5 heteroatoms. The summed E-state index contributed by atoms with van der Waals surface area (Å²) in [7, 11) is 0. The first-order valence-electron chi connectivity index (χ1n) is 5.58. The van der Waals surface area contributed by atoms with Gasteiger partial charge in [0.25, 0.3) is 0 Å². The van der Waals surface area contributed by atoms with Crippen molar-refractivity contribution in [3.63, 3.8) is 0 Å². The lowest BCUT2D eigenvalue weighted by molar-refractivity contribution is -0.113. The number of carbonyl (C=O) groups excluding carboxylic acids is 1. The van der Waals surface area contributed by atoms with Gasteiger partial charge in [0.15, 0.2) is 0 Å². The first-order chi connectivity index (χ1) is 8.19. The van der Waals surface area contributed by atoms with Crippen molar-refractivity contribution in [3.05, 3.63) is 28.0 Å². The van der Waals surface area contributed by atoms with Gasteiger partial charge in [-0.15, -0.1) is 11.8 Å². The van der Waals surface area contributed by atoms with Crippen LogP contribution in [0.1, 0.15) is 26.3 Å². The Morgan fingerprint density at radius 2 is 2.06 bits per heavy atom. The number of hydrogen-bond acceptors (Lipinski definition) is 2. The fourth-order valence-electron chi connectivity index (χ4n) is 1.25. The Balaban J connectivity index is 2.68. The summed E-state index contributed by atoms with van der Waals surface area (Å²) in [4.78, 5) is 11.8. The van der Waals surface area contributed by atoms with Crippen LogP contribution in [0.2, 0.25) is 0 Å². The van der Waals surface area contributed by atoms with E-state index in [4.69, 9.17) is 0 Å². The Morgan fingerprint density at radius 1 is 1.44 bits per heavy atom. The summed E-state index contributed by atoms with van der Waals surface area (Å²) in [5.41, 5.74) is 1.35. The summed E-state index contributed by atoms with van der Waals surface area (Å²) in [6.45, 7) is 7.95. The van der Waals surface area contributed by atoms with Crippen molar-refractivity contribution in [2.24, 2.45) is 0 Å². The minimum absolute atomic E-state index is 0.0514. The van der Waals surface area contributed by atoms with Crippen molar-refractivity contribution in [1.29, 1.82) is 0 Å². The molecule has 1 rings (SSSR count). The average Bonchev–Trinajstić information content (AvgIpc) is 2.22. The molecule has 0 unspecified atom stereocenters. The van der Waals surface area contributed by atoms with Gasteiger partial charge in [-0.3, -0.25) is 4.79 Å². The maximum atomic E-state index is 13.2. The number of halogens is 2. The van der Waals surface area contributed by atoms with E-state index in [0.717, 1.165) is 0 Å². The minimum Gasteiger partial charge on any atom is -0.325 e. The van der Waals surface area contributed by atoms with Crippen LogP contribution in [0.25, 0.3) is 0 Å².